The minimum absolute atomic E-state index is 0. The Bertz CT molecular complexity index is 643. The van der Waals surface area contributed by atoms with Gasteiger partial charge in [0.15, 0.2) is 5.96 Å². The van der Waals surface area contributed by atoms with Crippen molar-refractivity contribution in [2.45, 2.75) is 65.0 Å². The van der Waals surface area contributed by atoms with Crippen molar-refractivity contribution >= 4 is 29.9 Å². The van der Waals surface area contributed by atoms with Gasteiger partial charge < -0.3 is 19.9 Å². The fraction of sp³-hybridized carbons (Fsp3) is 0.857. The zero-order valence-corrected chi connectivity index (χ0v) is 21.2. The van der Waals surface area contributed by atoms with Gasteiger partial charge in [-0.05, 0) is 25.2 Å². The molecule has 0 radical (unpaired) electrons. The lowest BCUT2D eigenvalue weighted by Gasteiger charge is -2.37. The van der Waals surface area contributed by atoms with Crippen molar-refractivity contribution in [3.05, 3.63) is 11.6 Å². The summed E-state index contributed by atoms with van der Waals surface area (Å²) in [5, 5.41) is 15.8. The molecule has 0 bridgehead atoms. The molecule has 9 heteroatoms. The molecular formula is C21H40IN7O. The molecule has 172 valence electrons. The van der Waals surface area contributed by atoms with Crippen molar-refractivity contribution in [1.29, 1.82) is 0 Å². The summed E-state index contributed by atoms with van der Waals surface area (Å²) in [6, 6.07) is 0.490. The van der Waals surface area contributed by atoms with Gasteiger partial charge in [0, 0.05) is 58.7 Å². The van der Waals surface area contributed by atoms with Crippen LogP contribution in [-0.4, -0.2) is 78.1 Å². The summed E-state index contributed by atoms with van der Waals surface area (Å²) in [6.45, 7) is 11.1. The SMILES string of the molecule is CN=C(NCCCc1nnc2n1CCCCC2)NCC(C(C)C)N1CCOCC1.I. The molecule has 1 atom stereocenters. The van der Waals surface area contributed by atoms with Gasteiger partial charge in [-0.3, -0.25) is 9.89 Å². The molecule has 1 aromatic heterocycles. The Morgan fingerprint density at radius 3 is 2.63 bits per heavy atom. The van der Waals surface area contributed by atoms with Crippen molar-refractivity contribution in [2.75, 3.05) is 46.4 Å². The molecule has 2 aliphatic rings. The summed E-state index contributed by atoms with van der Waals surface area (Å²) in [4.78, 5) is 6.93. The predicted octanol–water partition coefficient (Wildman–Crippen LogP) is 2.08. The Morgan fingerprint density at radius 2 is 1.90 bits per heavy atom. The molecule has 0 aromatic carbocycles. The van der Waals surface area contributed by atoms with Crippen LogP contribution in [0.15, 0.2) is 4.99 Å². The summed E-state index contributed by atoms with van der Waals surface area (Å²) in [7, 11) is 1.84. The molecule has 1 saturated heterocycles. The van der Waals surface area contributed by atoms with E-state index in [0.29, 0.717) is 12.0 Å². The van der Waals surface area contributed by atoms with Gasteiger partial charge in [-0.15, -0.1) is 34.2 Å². The second kappa shape index (κ2) is 13.5. The van der Waals surface area contributed by atoms with E-state index in [4.69, 9.17) is 4.74 Å². The number of halogens is 1. The Labute approximate surface area is 198 Å². The van der Waals surface area contributed by atoms with Gasteiger partial charge in [-0.25, -0.2) is 0 Å². The summed E-state index contributed by atoms with van der Waals surface area (Å²) in [5.74, 6) is 3.77. The number of fused-ring (bicyclic) bond motifs is 1. The first-order chi connectivity index (χ1) is 14.2. The number of rotatable bonds is 8. The van der Waals surface area contributed by atoms with Crippen LogP contribution in [0.3, 0.4) is 0 Å². The van der Waals surface area contributed by atoms with Crippen LogP contribution in [0.4, 0.5) is 0 Å². The molecule has 1 aromatic rings. The van der Waals surface area contributed by atoms with E-state index >= 15 is 0 Å². The van der Waals surface area contributed by atoms with Crippen molar-refractivity contribution in [1.82, 2.24) is 30.3 Å². The number of hydrogen-bond acceptors (Lipinski definition) is 5. The van der Waals surface area contributed by atoms with E-state index in [2.05, 4.69) is 49.1 Å². The van der Waals surface area contributed by atoms with Crippen LogP contribution < -0.4 is 10.6 Å². The highest BCUT2D eigenvalue weighted by Crippen LogP contribution is 2.15. The first-order valence-electron chi connectivity index (χ1n) is 11.4. The number of hydrogen-bond donors (Lipinski definition) is 2. The van der Waals surface area contributed by atoms with Crippen LogP contribution in [0.25, 0.3) is 0 Å². The zero-order valence-electron chi connectivity index (χ0n) is 18.9. The molecule has 8 nitrogen and oxygen atoms in total. The molecule has 0 amide bonds. The summed E-state index contributed by atoms with van der Waals surface area (Å²) in [6.07, 6.45) is 6.84. The molecule has 0 aliphatic carbocycles. The van der Waals surface area contributed by atoms with Crippen LogP contribution in [-0.2, 0) is 24.1 Å². The van der Waals surface area contributed by atoms with Gasteiger partial charge in [0.25, 0.3) is 0 Å². The van der Waals surface area contributed by atoms with Gasteiger partial charge in [0.1, 0.15) is 11.6 Å². The predicted molar refractivity (Wildman–Crippen MR) is 132 cm³/mol. The molecular weight excluding hydrogens is 493 g/mol. The lowest BCUT2D eigenvalue weighted by Crippen LogP contribution is -2.52. The highest BCUT2D eigenvalue weighted by Gasteiger charge is 2.23. The zero-order chi connectivity index (χ0) is 20.5. The monoisotopic (exact) mass is 533 g/mol. The maximum absolute atomic E-state index is 5.50. The Hall–Kier alpha value is -0.940. The van der Waals surface area contributed by atoms with Crippen LogP contribution in [0, 0.1) is 5.92 Å². The summed E-state index contributed by atoms with van der Waals surface area (Å²) < 4.78 is 7.85. The number of aryl methyl sites for hydroxylation is 2. The highest BCUT2D eigenvalue weighted by molar-refractivity contribution is 14.0. The number of morpholine rings is 1. The van der Waals surface area contributed by atoms with Crippen LogP contribution in [0.5, 0.6) is 0 Å². The molecule has 1 fully saturated rings. The number of nitrogens with one attached hydrogen (secondary N) is 2. The standard InChI is InChI=1S/C21H39N7O.HI/c1-17(2)18(27-12-14-29-15-13-27)16-24-21(22-3)23-10-7-9-20-26-25-19-8-5-4-6-11-28(19)20;/h17-18H,4-16H2,1-3H3,(H2,22,23,24);1H. The fourth-order valence-electron chi connectivity index (χ4n) is 4.30. The number of aliphatic imine (C=N–C) groups is 1. The van der Waals surface area contributed by atoms with E-state index in [0.717, 1.165) is 77.0 Å². The van der Waals surface area contributed by atoms with E-state index in [1.165, 1.54) is 25.1 Å². The molecule has 3 rings (SSSR count). The second-order valence-corrected chi connectivity index (χ2v) is 8.44. The van der Waals surface area contributed by atoms with Crippen molar-refractivity contribution < 1.29 is 4.74 Å². The average molecular weight is 534 g/mol. The third kappa shape index (κ3) is 7.33. The van der Waals surface area contributed by atoms with Crippen molar-refractivity contribution in [2.24, 2.45) is 10.9 Å². The van der Waals surface area contributed by atoms with Crippen molar-refractivity contribution in [3.8, 4) is 0 Å². The molecule has 0 saturated carbocycles. The molecule has 3 heterocycles. The van der Waals surface area contributed by atoms with Gasteiger partial charge in [-0.2, -0.15) is 0 Å². The molecule has 30 heavy (non-hydrogen) atoms. The molecule has 0 spiro atoms. The quantitative estimate of drug-likeness (QED) is 0.231. The summed E-state index contributed by atoms with van der Waals surface area (Å²) in [5.41, 5.74) is 0. The van der Waals surface area contributed by atoms with E-state index in [9.17, 15) is 0 Å². The minimum Gasteiger partial charge on any atom is -0.379 e. The van der Waals surface area contributed by atoms with E-state index in [-0.39, 0.29) is 24.0 Å². The highest BCUT2D eigenvalue weighted by atomic mass is 127. The first kappa shape index (κ1) is 25.3. The Kier molecular flexibility index (Phi) is 11.4. The molecule has 1 unspecified atom stereocenters. The molecule has 2 N–H and O–H groups in total. The van der Waals surface area contributed by atoms with E-state index in [1.807, 2.05) is 7.05 Å². The Balaban J connectivity index is 0.00000320. The van der Waals surface area contributed by atoms with E-state index < -0.39 is 0 Å². The van der Waals surface area contributed by atoms with Crippen molar-refractivity contribution in [3.63, 3.8) is 0 Å². The largest absolute Gasteiger partial charge is 0.379 e. The third-order valence-electron chi connectivity index (χ3n) is 6.04. The smallest absolute Gasteiger partial charge is 0.191 e. The number of aromatic nitrogens is 3. The Morgan fingerprint density at radius 1 is 1.10 bits per heavy atom. The van der Waals surface area contributed by atoms with Gasteiger partial charge in [0.2, 0.25) is 0 Å². The first-order valence-corrected chi connectivity index (χ1v) is 11.4. The second-order valence-electron chi connectivity index (χ2n) is 8.44. The minimum atomic E-state index is 0. The lowest BCUT2D eigenvalue weighted by atomic mass is 10.0. The van der Waals surface area contributed by atoms with E-state index in [1.54, 1.807) is 0 Å². The maximum atomic E-state index is 5.50. The van der Waals surface area contributed by atoms with Crippen LogP contribution in [0.2, 0.25) is 0 Å². The fourth-order valence-corrected chi connectivity index (χ4v) is 4.30. The maximum Gasteiger partial charge on any atom is 0.191 e. The normalized spacial score (nSPS) is 19.0. The summed E-state index contributed by atoms with van der Waals surface area (Å²) >= 11 is 0. The molecule has 2 aliphatic heterocycles. The lowest BCUT2D eigenvalue weighted by molar-refractivity contribution is 0.00752. The van der Waals surface area contributed by atoms with Gasteiger partial charge in [0.05, 0.1) is 13.2 Å². The van der Waals surface area contributed by atoms with Gasteiger partial charge >= 0.3 is 0 Å². The van der Waals surface area contributed by atoms with Crippen LogP contribution >= 0.6 is 24.0 Å². The number of nitrogens with zero attached hydrogens (tertiary/aromatic N) is 5. The number of guanidine groups is 1. The average Bonchev–Trinajstić information content (AvgIpc) is 2.96. The van der Waals surface area contributed by atoms with Crippen LogP contribution in [0.1, 0.15) is 51.2 Å². The third-order valence-corrected chi connectivity index (χ3v) is 6.04. The van der Waals surface area contributed by atoms with Gasteiger partial charge in [-0.1, -0.05) is 20.3 Å². The number of ether oxygens (including phenoxy) is 1. The topological polar surface area (TPSA) is 79.6 Å².